The van der Waals surface area contributed by atoms with Crippen LogP contribution >= 0.6 is 0 Å². The topological polar surface area (TPSA) is 68.5 Å². The first-order valence-corrected chi connectivity index (χ1v) is 6.63. The highest BCUT2D eigenvalue weighted by Crippen LogP contribution is 2.26. The molecule has 0 saturated heterocycles. The van der Waals surface area contributed by atoms with Crippen molar-refractivity contribution in [1.29, 1.82) is 0 Å². The summed E-state index contributed by atoms with van der Waals surface area (Å²) in [6.07, 6.45) is -0.168. The first-order valence-electron chi connectivity index (χ1n) is 6.63. The Hall–Kier alpha value is -2.63. The Kier molecular flexibility index (Phi) is 4.30. The molecule has 1 aromatic heterocycles. The molecule has 6 heteroatoms. The standard InChI is InChI=1S/C16H16FNO4/c1-16(2,3)22-15(20)18-13-6-4-10(8-12(13)17)14-7-5-11(9-19)21-14/h4-9H,1-3H3,(H,18,20). The molecule has 0 fully saturated rings. The minimum Gasteiger partial charge on any atom is -0.453 e. The molecule has 1 aromatic carbocycles. The normalized spacial score (nSPS) is 11.1. The van der Waals surface area contributed by atoms with Gasteiger partial charge in [0.15, 0.2) is 12.0 Å². The van der Waals surface area contributed by atoms with Gasteiger partial charge in [0.2, 0.25) is 0 Å². The van der Waals surface area contributed by atoms with Crippen LogP contribution in [0.2, 0.25) is 0 Å². The number of ether oxygens (including phenoxy) is 1. The molecule has 0 atom stereocenters. The number of nitrogens with one attached hydrogen (secondary N) is 1. The molecule has 5 nitrogen and oxygen atoms in total. The monoisotopic (exact) mass is 305 g/mol. The van der Waals surface area contributed by atoms with Gasteiger partial charge in [-0.3, -0.25) is 10.1 Å². The number of amides is 1. The Morgan fingerprint density at radius 2 is 2.00 bits per heavy atom. The summed E-state index contributed by atoms with van der Waals surface area (Å²) in [5.41, 5.74) is -0.208. The Morgan fingerprint density at radius 1 is 1.27 bits per heavy atom. The van der Waals surface area contributed by atoms with Crippen LogP contribution in [0.1, 0.15) is 31.3 Å². The zero-order valence-electron chi connectivity index (χ0n) is 12.5. The van der Waals surface area contributed by atoms with E-state index < -0.39 is 17.5 Å². The van der Waals surface area contributed by atoms with Gasteiger partial charge in [-0.25, -0.2) is 9.18 Å². The molecule has 0 bridgehead atoms. The highest BCUT2D eigenvalue weighted by molar-refractivity contribution is 5.85. The van der Waals surface area contributed by atoms with E-state index in [9.17, 15) is 14.0 Å². The van der Waals surface area contributed by atoms with Crippen LogP contribution < -0.4 is 5.32 Å². The van der Waals surface area contributed by atoms with E-state index in [1.807, 2.05) is 0 Å². The molecule has 0 radical (unpaired) electrons. The van der Waals surface area contributed by atoms with Gasteiger partial charge >= 0.3 is 6.09 Å². The zero-order chi connectivity index (χ0) is 16.3. The third kappa shape index (κ3) is 3.94. The van der Waals surface area contributed by atoms with Crippen LogP contribution in [0.3, 0.4) is 0 Å². The number of carbonyl (C=O) groups excluding carboxylic acids is 2. The minimum absolute atomic E-state index is 0.000155. The molecule has 1 N–H and O–H groups in total. The van der Waals surface area contributed by atoms with Crippen molar-refractivity contribution in [3.8, 4) is 11.3 Å². The fraction of sp³-hybridized carbons (Fsp3) is 0.250. The van der Waals surface area contributed by atoms with Crippen LogP contribution in [0, 0.1) is 5.82 Å². The van der Waals surface area contributed by atoms with E-state index in [0.29, 0.717) is 17.6 Å². The first-order chi connectivity index (χ1) is 10.3. The summed E-state index contributed by atoms with van der Waals surface area (Å²) in [4.78, 5) is 22.2. The number of anilines is 1. The van der Waals surface area contributed by atoms with Gasteiger partial charge in [-0.2, -0.15) is 0 Å². The number of carbonyl (C=O) groups is 2. The maximum Gasteiger partial charge on any atom is 0.412 e. The highest BCUT2D eigenvalue weighted by atomic mass is 19.1. The highest BCUT2D eigenvalue weighted by Gasteiger charge is 2.17. The second-order valence-electron chi connectivity index (χ2n) is 5.64. The fourth-order valence-corrected chi connectivity index (χ4v) is 1.75. The lowest BCUT2D eigenvalue weighted by molar-refractivity contribution is 0.0635. The van der Waals surface area contributed by atoms with Gasteiger partial charge in [0.25, 0.3) is 0 Å². The number of halogens is 1. The van der Waals surface area contributed by atoms with E-state index >= 15 is 0 Å². The van der Waals surface area contributed by atoms with E-state index in [4.69, 9.17) is 9.15 Å². The average Bonchev–Trinajstić information content (AvgIpc) is 2.87. The van der Waals surface area contributed by atoms with E-state index in [1.54, 1.807) is 32.9 Å². The lowest BCUT2D eigenvalue weighted by Gasteiger charge is -2.19. The molecule has 1 amide bonds. The van der Waals surface area contributed by atoms with Crippen molar-refractivity contribution in [3.05, 3.63) is 41.9 Å². The molecule has 0 aliphatic heterocycles. The van der Waals surface area contributed by atoms with Crippen LogP contribution in [0.25, 0.3) is 11.3 Å². The third-order valence-corrected chi connectivity index (χ3v) is 2.63. The number of hydrogen-bond acceptors (Lipinski definition) is 4. The van der Waals surface area contributed by atoms with Crippen molar-refractivity contribution in [3.63, 3.8) is 0 Å². The summed E-state index contributed by atoms with van der Waals surface area (Å²) in [6.45, 7) is 5.15. The van der Waals surface area contributed by atoms with Crippen LogP contribution in [0.4, 0.5) is 14.9 Å². The number of benzene rings is 1. The lowest BCUT2D eigenvalue weighted by atomic mass is 10.1. The van der Waals surface area contributed by atoms with Gasteiger partial charge < -0.3 is 9.15 Å². The molecule has 0 saturated carbocycles. The largest absolute Gasteiger partial charge is 0.453 e. The summed E-state index contributed by atoms with van der Waals surface area (Å²) in [6, 6.07) is 7.24. The number of furan rings is 1. The van der Waals surface area contributed by atoms with E-state index in [1.165, 1.54) is 18.2 Å². The van der Waals surface area contributed by atoms with E-state index in [2.05, 4.69) is 5.32 Å². The molecule has 116 valence electrons. The average molecular weight is 305 g/mol. The second kappa shape index (κ2) is 6.01. The smallest absolute Gasteiger partial charge is 0.412 e. The van der Waals surface area contributed by atoms with E-state index in [-0.39, 0.29) is 11.4 Å². The van der Waals surface area contributed by atoms with Gasteiger partial charge in [-0.15, -0.1) is 0 Å². The predicted octanol–water partition coefficient (Wildman–Crippen LogP) is 4.25. The zero-order valence-corrected chi connectivity index (χ0v) is 12.5. The molecular weight excluding hydrogens is 289 g/mol. The quantitative estimate of drug-likeness (QED) is 0.861. The van der Waals surface area contributed by atoms with Crippen molar-refractivity contribution in [2.45, 2.75) is 26.4 Å². The van der Waals surface area contributed by atoms with Crippen LogP contribution in [-0.2, 0) is 4.74 Å². The Morgan fingerprint density at radius 3 is 2.55 bits per heavy atom. The van der Waals surface area contributed by atoms with Gasteiger partial charge in [0.05, 0.1) is 5.69 Å². The van der Waals surface area contributed by atoms with Crippen LogP contribution in [0.15, 0.2) is 34.7 Å². The summed E-state index contributed by atoms with van der Waals surface area (Å²) in [5, 5.41) is 2.34. The SMILES string of the molecule is CC(C)(C)OC(=O)Nc1ccc(-c2ccc(C=O)o2)cc1F. The van der Waals surface area contributed by atoms with E-state index in [0.717, 1.165) is 0 Å². The Balaban J connectivity index is 2.16. The predicted molar refractivity (Wildman–Crippen MR) is 79.3 cm³/mol. The molecule has 0 unspecified atom stereocenters. The van der Waals surface area contributed by atoms with Crippen molar-refractivity contribution in [1.82, 2.24) is 0 Å². The molecule has 0 aliphatic carbocycles. The summed E-state index contributed by atoms with van der Waals surface area (Å²) in [7, 11) is 0. The number of rotatable bonds is 3. The van der Waals surface area contributed by atoms with Crippen molar-refractivity contribution >= 4 is 18.1 Å². The number of aldehydes is 1. The Bertz CT molecular complexity index is 700. The van der Waals surface area contributed by atoms with Gasteiger partial charge in [-0.05, 0) is 51.1 Å². The molecular formula is C16H16FNO4. The van der Waals surface area contributed by atoms with Crippen LogP contribution in [0.5, 0.6) is 0 Å². The maximum absolute atomic E-state index is 14.0. The molecule has 2 rings (SSSR count). The van der Waals surface area contributed by atoms with Crippen molar-refractivity contribution in [2.75, 3.05) is 5.32 Å². The molecule has 1 heterocycles. The Labute approximate surface area is 127 Å². The minimum atomic E-state index is -0.736. The lowest BCUT2D eigenvalue weighted by Crippen LogP contribution is -2.27. The first kappa shape index (κ1) is 15.8. The summed E-state index contributed by atoms with van der Waals surface area (Å²) >= 11 is 0. The van der Waals surface area contributed by atoms with Gasteiger partial charge in [0.1, 0.15) is 17.2 Å². The maximum atomic E-state index is 14.0. The van der Waals surface area contributed by atoms with Crippen molar-refractivity contribution in [2.24, 2.45) is 0 Å². The number of hydrogen-bond donors (Lipinski definition) is 1. The third-order valence-electron chi connectivity index (χ3n) is 2.63. The fourth-order valence-electron chi connectivity index (χ4n) is 1.75. The van der Waals surface area contributed by atoms with Gasteiger partial charge in [0, 0.05) is 5.56 Å². The van der Waals surface area contributed by atoms with Gasteiger partial charge in [-0.1, -0.05) is 0 Å². The summed E-state index contributed by atoms with van der Waals surface area (Å²) < 4.78 is 24.3. The second-order valence-corrected chi connectivity index (χ2v) is 5.64. The molecule has 2 aromatic rings. The van der Waals surface area contributed by atoms with Crippen LogP contribution in [-0.4, -0.2) is 18.0 Å². The molecule has 0 spiro atoms. The molecule has 0 aliphatic rings. The van der Waals surface area contributed by atoms with Crippen molar-refractivity contribution < 1.29 is 23.1 Å². The molecule has 22 heavy (non-hydrogen) atoms. The summed E-state index contributed by atoms with van der Waals surface area (Å²) in [5.74, 6) is -0.108.